The number of nitrogens with one attached hydrogen (secondary N) is 1. The van der Waals surface area contributed by atoms with Crippen molar-refractivity contribution in [3.8, 4) is 5.69 Å². The number of fused-ring (bicyclic) bond motifs is 1. The first-order valence-corrected chi connectivity index (χ1v) is 11.9. The average Bonchev–Trinajstić information content (AvgIpc) is 3.22. The molecule has 7 heteroatoms. The lowest BCUT2D eigenvalue weighted by molar-refractivity contribution is -0.113. The second-order valence-corrected chi connectivity index (χ2v) is 9.21. The van der Waals surface area contributed by atoms with E-state index in [0.29, 0.717) is 15.4 Å². The number of carbonyl (C=O) groups is 1. The Morgan fingerprint density at radius 1 is 1.16 bits per heavy atom. The van der Waals surface area contributed by atoms with Crippen molar-refractivity contribution in [1.82, 2.24) is 9.55 Å². The lowest BCUT2D eigenvalue weighted by Crippen LogP contribution is -2.23. The molecule has 0 aliphatic carbocycles. The molecule has 4 rings (SSSR count). The lowest BCUT2D eigenvalue weighted by atomic mass is 10.1. The van der Waals surface area contributed by atoms with Crippen LogP contribution >= 0.6 is 23.1 Å². The fraction of sp³-hybridized carbons (Fsp3) is 0.208. The van der Waals surface area contributed by atoms with Crippen LogP contribution in [0.2, 0.25) is 0 Å². The van der Waals surface area contributed by atoms with Crippen LogP contribution in [0.3, 0.4) is 0 Å². The molecular weight excluding hydrogens is 426 g/mol. The molecule has 5 nitrogen and oxygen atoms in total. The largest absolute Gasteiger partial charge is 0.325 e. The highest BCUT2D eigenvalue weighted by molar-refractivity contribution is 7.99. The molecule has 0 saturated heterocycles. The molecule has 0 saturated carbocycles. The van der Waals surface area contributed by atoms with Gasteiger partial charge in [-0.25, -0.2) is 4.98 Å². The van der Waals surface area contributed by atoms with Crippen LogP contribution in [0.15, 0.2) is 63.9 Å². The summed E-state index contributed by atoms with van der Waals surface area (Å²) in [7, 11) is 0. The maximum Gasteiger partial charge on any atom is 0.276 e. The van der Waals surface area contributed by atoms with Crippen molar-refractivity contribution in [1.29, 1.82) is 0 Å². The number of benzene rings is 2. The van der Waals surface area contributed by atoms with Crippen LogP contribution in [-0.2, 0) is 11.2 Å². The van der Waals surface area contributed by atoms with Crippen molar-refractivity contribution < 1.29 is 4.79 Å². The second kappa shape index (κ2) is 9.08. The van der Waals surface area contributed by atoms with E-state index in [2.05, 4.69) is 12.2 Å². The highest BCUT2D eigenvalue weighted by Crippen LogP contribution is 2.25. The van der Waals surface area contributed by atoms with Crippen LogP contribution in [-0.4, -0.2) is 21.2 Å². The molecule has 0 atom stereocenters. The molecule has 0 bridgehead atoms. The molecule has 2 aromatic carbocycles. The molecule has 0 unspecified atom stereocenters. The third-order valence-corrected chi connectivity index (χ3v) is 6.82. The standard InChI is InChI=1S/C24H23N3O2S2/c1-4-17-6-5-7-18(13-17)25-21(28)14-31-24-26-19-10-11-30-22(19)23(29)27(24)20-9-8-15(2)12-16(20)3/h5-13H,4,14H2,1-3H3,(H,25,28). The van der Waals surface area contributed by atoms with E-state index in [1.165, 1.54) is 28.7 Å². The van der Waals surface area contributed by atoms with Gasteiger partial charge in [-0.2, -0.15) is 0 Å². The molecule has 0 aliphatic rings. The summed E-state index contributed by atoms with van der Waals surface area (Å²) in [6.45, 7) is 6.08. The Balaban J connectivity index is 1.65. The molecule has 2 heterocycles. The number of thiophene rings is 1. The minimum absolute atomic E-state index is 0.106. The first-order chi connectivity index (χ1) is 15.0. The summed E-state index contributed by atoms with van der Waals surface area (Å²) >= 11 is 2.65. The van der Waals surface area contributed by atoms with Gasteiger partial charge in [-0.3, -0.25) is 14.2 Å². The van der Waals surface area contributed by atoms with Crippen LogP contribution < -0.4 is 10.9 Å². The minimum atomic E-state index is -0.134. The number of aryl methyl sites for hydroxylation is 3. The monoisotopic (exact) mass is 449 g/mol. The number of hydrogen-bond donors (Lipinski definition) is 1. The topological polar surface area (TPSA) is 64.0 Å². The predicted molar refractivity (Wildman–Crippen MR) is 130 cm³/mol. The summed E-state index contributed by atoms with van der Waals surface area (Å²) in [5.41, 5.74) is 5.40. The number of aromatic nitrogens is 2. The summed E-state index contributed by atoms with van der Waals surface area (Å²) in [6.07, 6.45) is 0.908. The number of hydrogen-bond acceptors (Lipinski definition) is 5. The Kier molecular flexibility index (Phi) is 6.25. The van der Waals surface area contributed by atoms with Crippen molar-refractivity contribution in [2.75, 3.05) is 11.1 Å². The maximum atomic E-state index is 13.3. The maximum absolute atomic E-state index is 13.3. The molecule has 31 heavy (non-hydrogen) atoms. The first-order valence-electron chi connectivity index (χ1n) is 10.1. The quantitative estimate of drug-likeness (QED) is 0.318. The summed E-state index contributed by atoms with van der Waals surface area (Å²) in [6, 6.07) is 15.6. The van der Waals surface area contributed by atoms with Crippen molar-refractivity contribution in [3.05, 3.63) is 81.0 Å². The molecular formula is C24H23N3O2S2. The van der Waals surface area contributed by atoms with Gasteiger partial charge in [0.2, 0.25) is 5.91 Å². The summed E-state index contributed by atoms with van der Waals surface area (Å²) in [4.78, 5) is 30.6. The number of carbonyl (C=O) groups excluding carboxylic acids is 1. The molecule has 158 valence electrons. The minimum Gasteiger partial charge on any atom is -0.325 e. The van der Waals surface area contributed by atoms with Crippen LogP contribution in [0.1, 0.15) is 23.6 Å². The number of rotatable bonds is 6. The Hall–Kier alpha value is -2.90. The fourth-order valence-corrected chi connectivity index (χ4v) is 5.02. The van der Waals surface area contributed by atoms with E-state index in [-0.39, 0.29) is 17.2 Å². The zero-order chi connectivity index (χ0) is 22.0. The van der Waals surface area contributed by atoms with Gasteiger partial charge in [-0.1, -0.05) is 48.5 Å². The lowest BCUT2D eigenvalue weighted by Gasteiger charge is -2.14. The zero-order valence-corrected chi connectivity index (χ0v) is 19.3. The fourth-order valence-electron chi connectivity index (χ4n) is 3.45. The molecule has 1 amide bonds. The van der Waals surface area contributed by atoms with E-state index < -0.39 is 0 Å². The van der Waals surface area contributed by atoms with Gasteiger partial charge < -0.3 is 5.32 Å². The van der Waals surface area contributed by atoms with Gasteiger partial charge in [0.15, 0.2) is 5.16 Å². The van der Waals surface area contributed by atoms with Crippen molar-refractivity contribution >= 4 is 44.9 Å². The first kappa shape index (κ1) is 21.3. The van der Waals surface area contributed by atoms with E-state index in [0.717, 1.165) is 28.9 Å². The molecule has 0 radical (unpaired) electrons. The number of thioether (sulfide) groups is 1. The van der Waals surface area contributed by atoms with Gasteiger partial charge in [-0.05, 0) is 61.0 Å². The van der Waals surface area contributed by atoms with Crippen LogP contribution in [0, 0.1) is 13.8 Å². The third kappa shape index (κ3) is 4.57. The summed E-state index contributed by atoms with van der Waals surface area (Å²) in [5, 5.41) is 5.32. The molecule has 1 N–H and O–H groups in total. The normalized spacial score (nSPS) is 11.1. The third-order valence-electron chi connectivity index (χ3n) is 4.99. The van der Waals surface area contributed by atoms with Gasteiger partial charge >= 0.3 is 0 Å². The van der Waals surface area contributed by atoms with E-state index in [4.69, 9.17) is 4.98 Å². The predicted octanol–water partition coefficient (Wildman–Crippen LogP) is 5.36. The van der Waals surface area contributed by atoms with E-state index >= 15 is 0 Å². The SMILES string of the molecule is CCc1cccc(NC(=O)CSc2nc3ccsc3c(=O)n2-c2ccc(C)cc2C)c1. The molecule has 2 aromatic heterocycles. The van der Waals surface area contributed by atoms with E-state index in [1.54, 1.807) is 4.57 Å². The van der Waals surface area contributed by atoms with Crippen molar-refractivity contribution in [3.63, 3.8) is 0 Å². The van der Waals surface area contributed by atoms with Gasteiger partial charge in [0.1, 0.15) is 4.70 Å². The van der Waals surface area contributed by atoms with Gasteiger partial charge in [0, 0.05) is 5.69 Å². The summed E-state index contributed by atoms with van der Waals surface area (Å²) < 4.78 is 2.24. The Labute approximate surface area is 189 Å². The van der Waals surface area contributed by atoms with Gasteiger partial charge in [0.05, 0.1) is 17.0 Å². The van der Waals surface area contributed by atoms with E-state index in [1.807, 2.05) is 67.8 Å². The summed E-state index contributed by atoms with van der Waals surface area (Å²) in [5.74, 6) is 0.0219. The molecule has 4 aromatic rings. The zero-order valence-electron chi connectivity index (χ0n) is 17.6. The van der Waals surface area contributed by atoms with E-state index in [9.17, 15) is 9.59 Å². The highest BCUT2D eigenvalue weighted by Gasteiger charge is 2.17. The average molecular weight is 450 g/mol. The highest BCUT2D eigenvalue weighted by atomic mass is 32.2. The van der Waals surface area contributed by atoms with Crippen molar-refractivity contribution in [2.24, 2.45) is 0 Å². The van der Waals surface area contributed by atoms with Gasteiger partial charge in [0.25, 0.3) is 5.56 Å². The molecule has 0 spiro atoms. The number of nitrogens with zero attached hydrogens (tertiary/aromatic N) is 2. The second-order valence-electron chi connectivity index (χ2n) is 7.35. The smallest absolute Gasteiger partial charge is 0.276 e. The molecule has 0 aliphatic heterocycles. The van der Waals surface area contributed by atoms with Crippen molar-refractivity contribution in [2.45, 2.75) is 32.3 Å². The van der Waals surface area contributed by atoms with Gasteiger partial charge in [-0.15, -0.1) is 11.3 Å². The van der Waals surface area contributed by atoms with Crippen LogP contribution in [0.5, 0.6) is 0 Å². The number of anilines is 1. The Morgan fingerprint density at radius 2 is 2.00 bits per heavy atom. The molecule has 0 fully saturated rings. The number of amides is 1. The Bertz CT molecular complexity index is 1320. The van der Waals surface area contributed by atoms with Crippen LogP contribution in [0.25, 0.3) is 15.9 Å². The van der Waals surface area contributed by atoms with Crippen LogP contribution in [0.4, 0.5) is 5.69 Å². The Morgan fingerprint density at radius 3 is 2.77 bits per heavy atom.